The molecule has 1 atom stereocenters. The Morgan fingerprint density at radius 1 is 1.24 bits per heavy atom. The van der Waals surface area contributed by atoms with Gasteiger partial charge in [-0.25, -0.2) is 0 Å². The maximum absolute atomic E-state index is 6.15. The number of nitrogens with two attached hydrogens (primary N) is 1. The van der Waals surface area contributed by atoms with Crippen LogP contribution in [0.2, 0.25) is 0 Å². The molecule has 0 saturated heterocycles. The molecule has 96 valence electrons. The number of rotatable bonds is 5. The summed E-state index contributed by atoms with van der Waals surface area (Å²) in [4.78, 5) is 0. The molecule has 2 N–H and O–H groups in total. The van der Waals surface area contributed by atoms with Crippen molar-refractivity contribution in [2.24, 2.45) is 11.7 Å². The van der Waals surface area contributed by atoms with Crippen LogP contribution in [0.15, 0.2) is 18.2 Å². The van der Waals surface area contributed by atoms with Crippen LogP contribution in [-0.2, 0) is 0 Å². The second-order valence-corrected chi connectivity index (χ2v) is 4.40. The number of ether oxygens (including phenoxy) is 2. The lowest BCUT2D eigenvalue weighted by atomic mass is 10.0. The number of benzene rings is 1. The van der Waals surface area contributed by atoms with E-state index in [1.165, 1.54) is 12.8 Å². The van der Waals surface area contributed by atoms with Crippen LogP contribution in [0, 0.1) is 5.92 Å². The highest BCUT2D eigenvalue weighted by Crippen LogP contribution is 2.38. The zero-order valence-electron chi connectivity index (χ0n) is 10.3. The minimum Gasteiger partial charge on any atom is -0.493 e. The molecule has 1 aromatic rings. The number of halogens is 1. The first-order valence-corrected chi connectivity index (χ1v) is 5.72. The van der Waals surface area contributed by atoms with E-state index in [4.69, 9.17) is 15.2 Å². The third kappa shape index (κ3) is 3.51. The topological polar surface area (TPSA) is 44.5 Å². The van der Waals surface area contributed by atoms with Gasteiger partial charge in [0.25, 0.3) is 0 Å². The fourth-order valence-electron chi connectivity index (χ4n) is 1.93. The summed E-state index contributed by atoms with van der Waals surface area (Å²) in [6.45, 7) is 0. The average Bonchev–Trinajstić information content (AvgIpc) is 3.11. The quantitative estimate of drug-likeness (QED) is 0.882. The summed E-state index contributed by atoms with van der Waals surface area (Å²) in [5, 5.41) is 0. The lowest BCUT2D eigenvalue weighted by Gasteiger charge is -2.14. The van der Waals surface area contributed by atoms with Gasteiger partial charge in [-0.3, -0.25) is 0 Å². The minimum atomic E-state index is 0. The van der Waals surface area contributed by atoms with Crippen LogP contribution in [0.5, 0.6) is 11.5 Å². The lowest BCUT2D eigenvalue weighted by molar-refractivity contribution is 0.354. The van der Waals surface area contributed by atoms with Gasteiger partial charge in [-0.1, -0.05) is 18.9 Å². The van der Waals surface area contributed by atoms with E-state index in [2.05, 4.69) is 0 Å². The number of hydrogen-bond acceptors (Lipinski definition) is 3. The molecule has 3 nitrogen and oxygen atoms in total. The molecule has 4 heteroatoms. The molecular formula is C13H20ClNO2. The molecule has 1 aliphatic carbocycles. The molecular weight excluding hydrogens is 238 g/mol. The minimum absolute atomic E-state index is 0. The van der Waals surface area contributed by atoms with Crippen molar-refractivity contribution in [1.29, 1.82) is 0 Å². The van der Waals surface area contributed by atoms with Crippen LogP contribution in [0.25, 0.3) is 0 Å². The van der Waals surface area contributed by atoms with E-state index in [1.54, 1.807) is 14.2 Å². The Balaban J connectivity index is 0.00000144. The van der Waals surface area contributed by atoms with Crippen LogP contribution in [0.1, 0.15) is 30.9 Å². The smallest absolute Gasteiger partial charge is 0.161 e. The molecule has 0 bridgehead atoms. The van der Waals surface area contributed by atoms with Crippen molar-refractivity contribution in [1.82, 2.24) is 0 Å². The van der Waals surface area contributed by atoms with Crippen LogP contribution >= 0.6 is 12.4 Å². The summed E-state index contributed by atoms with van der Waals surface area (Å²) in [6.07, 6.45) is 3.75. The summed E-state index contributed by atoms with van der Waals surface area (Å²) >= 11 is 0. The molecule has 0 heterocycles. The molecule has 0 amide bonds. The van der Waals surface area contributed by atoms with Crippen LogP contribution in [-0.4, -0.2) is 14.2 Å². The molecule has 0 radical (unpaired) electrons. The third-order valence-corrected chi connectivity index (χ3v) is 3.12. The Bertz CT molecular complexity index is 366. The summed E-state index contributed by atoms with van der Waals surface area (Å²) in [5.41, 5.74) is 7.28. The van der Waals surface area contributed by atoms with Crippen molar-refractivity contribution < 1.29 is 9.47 Å². The zero-order valence-corrected chi connectivity index (χ0v) is 11.1. The van der Waals surface area contributed by atoms with E-state index in [0.29, 0.717) is 0 Å². The predicted octanol–water partition coefficient (Wildman–Crippen LogP) is 2.93. The van der Waals surface area contributed by atoms with Crippen LogP contribution in [0.3, 0.4) is 0 Å². The molecule has 1 saturated carbocycles. The van der Waals surface area contributed by atoms with E-state index in [1.807, 2.05) is 18.2 Å². The predicted molar refractivity (Wildman–Crippen MR) is 71.1 cm³/mol. The van der Waals surface area contributed by atoms with E-state index in [0.717, 1.165) is 29.4 Å². The second-order valence-electron chi connectivity index (χ2n) is 4.40. The highest BCUT2D eigenvalue weighted by molar-refractivity contribution is 5.85. The van der Waals surface area contributed by atoms with Gasteiger partial charge < -0.3 is 15.2 Å². The summed E-state index contributed by atoms with van der Waals surface area (Å²) in [6, 6.07) is 6.04. The molecule has 1 aliphatic rings. The first-order chi connectivity index (χ1) is 7.74. The van der Waals surface area contributed by atoms with Crippen LogP contribution < -0.4 is 15.2 Å². The molecule has 1 aromatic carbocycles. The van der Waals surface area contributed by atoms with Crippen molar-refractivity contribution in [3.63, 3.8) is 0 Å². The fourth-order valence-corrected chi connectivity index (χ4v) is 1.93. The van der Waals surface area contributed by atoms with Gasteiger partial charge in [0.15, 0.2) is 11.5 Å². The Morgan fingerprint density at radius 2 is 1.88 bits per heavy atom. The SMILES string of the molecule is COc1ccc([C@@H](N)CC2CC2)cc1OC.Cl. The molecule has 0 aromatic heterocycles. The molecule has 1 fully saturated rings. The van der Waals surface area contributed by atoms with Gasteiger partial charge in [0.2, 0.25) is 0 Å². The van der Waals surface area contributed by atoms with Crippen molar-refractivity contribution in [3.05, 3.63) is 23.8 Å². The average molecular weight is 258 g/mol. The normalized spacial score (nSPS) is 15.9. The Hall–Kier alpha value is -0.930. The van der Waals surface area contributed by atoms with Gasteiger partial charge >= 0.3 is 0 Å². The van der Waals surface area contributed by atoms with Crippen LogP contribution in [0.4, 0.5) is 0 Å². The lowest BCUT2D eigenvalue weighted by Crippen LogP contribution is -2.11. The molecule has 0 aliphatic heterocycles. The largest absolute Gasteiger partial charge is 0.493 e. The molecule has 0 spiro atoms. The van der Waals surface area contributed by atoms with Gasteiger partial charge in [0, 0.05) is 6.04 Å². The van der Waals surface area contributed by atoms with Crippen molar-refractivity contribution in [2.75, 3.05) is 14.2 Å². The second kappa shape index (κ2) is 6.12. The van der Waals surface area contributed by atoms with E-state index >= 15 is 0 Å². The van der Waals surface area contributed by atoms with Gasteiger partial charge in [0.1, 0.15) is 0 Å². The highest BCUT2D eigenvalue weighted by atomic mass is 35.5. The van der Waals surface area contributed by atoms with Crippen molar-refractivity contribution in [2.45, 2.75) is 25.3 Å². The molecule has 0 unspecified atom stereocenters. The summed E-state index contributed by atoms with van der Waals surface area (Å²) in [7, 11) is 3.29. The van der Waals surface area contributed by atoms with Crippen molar-refractivity contribution in [3.8, 4) is 11.5 Å². The van der Waals surface area contributed by atoms with Gasteiger partial charge in [-0.2, -0.15) is 0 Å². The van der Waals surface area contributed by atoms with Crippen molar-refractivity contribution >= 4 is 12.4 Å². The Kier molecular flexibility index (Phi) is 5.09. The zero-order chi connectivity index (χ0) is 11.5. The number of methoxy groups -OCH3 is 2. The Labute approximate surface area is 109 Å². The van der Waals surface area contributed by atoms with Gasteiger partial charge in [0.05, 0.1) is 14.2 Å². The number of hydrogen-bond donors (Lipinski definition) is 1. The first-order valence-electron chi connectivity index (χ1n) is 5.72. The summed E-state index contributed by atoms with van der Waals surface area (Å²) in [5.74, 6) is 2.35. The van der Waals surface area contributed by atoms with E-state index in [9.17, 15) is 0 Å². The van der Waals surface area contributed by atoms with E-state index < -0.39 is 0 Å². The monoisotopic (exact) mass is 257 g/mol. The third-order valence-electron chi connectivity index (χ3n) is 3.12. The van der Waals surface area contributed by atoms with Gasteiger partial charge in [-0.15, -0.1) is 12.4 Å². The molecule has 2 rings (SSSR count). The highest BCUT2D eigenvalue weighted by Gasteiger charge is 2.24. The maximum Gasteiger partial charge on any atom is 0.161 e. The van der Waals surface area contributed by atoms with Gasteiger partial charge in [-0.05, 0) is 30.0 Å². The maximum atomic E-state index is 6.15. The standard InChI is InChI=1S/C13H19NO2.ClH/c1-15-12-6-5-10(8-13(12)16-2)11(14)7-9-3-4-9;/h5-6,8-9,11H,3-4,7,14H2,1-2H3;1H/t11-;/m0./s1. The first kappa shape index (κ1) is 14.1. The van der Waals surface area contributed by atoms with E-state index in [-0.39, 0.29) is 18.4 Å². The summed E-state index contributed by atoms with van der Waals surface area (Å²) < 4.78 is 10.5. The fraction of sp³-hybridized carbons (Fsp3) is 0.538. The molecule has 17 heavy (non-hydrogen) atoms. The Morgan fingerprint density at radius 3 is 2.41 bits per heavy atom.